The van der Waals surface area contributed by atoms with Crippen LogP contribution in [0.2, 0.25) is 0 Å². The number of rotatable bonds is 9. The number of hydrogen-bond donors (Lipinski definition) is 2. The van der Waals surface area contributed by atoms with Crippen LogP contribution in [-0.2, 0) is 22.7 Å². The minimum Gasteiger partial charge on any atom is -0.507 e. The number of benzene rings is 3. The summed E-state index contributed by atoms with van der Waals surface area (Å²) in [6, 6.07) is 18.6. The normalized spacial score (nSPS) is 12.2. The summed E-state index contributed by atoms with van der Waals surface area (Å²) in [5.74, 6) is -1.38. The minimum absolute atomic E-state index is 0.0441. The maximum absolute atomic E-state index is 12.8. The molecule has 1 amide bonds. The van der Waals surface area contributed by atoms with E-state index in [1.165, 1.54) is 34.9 Å². The first-order valence-electron chi connectivity index (χ1n) is 11.1. The van der Waals surface area contributed by atoms with Gasteiger partial charge in [0.1, 0.15) is 18.1 Å². The Morgan fingerprint density at radius 1 is 1.08 bits per heavy atom. The van der Waals surface area contributed by atoms with E-state index in [0.29, 0.717) is 10.6 Å². The lowest BCUT2D eigenvalue weighted by Gasteiger charge is -2.15. The number of aromatic hydroxyl groups is 1. The maximum atomic E-state index is 12.8. The van der Waals surface area contributed by atoms with E-state index in [1.807, 2.05) is 36.6 Å². The number of Topliss-reactive ketones (excluding diaryl/α,β-unsaturated/α-hetero) is 1. The second kappa shape index (κ2) is 11.1. The largest absolute Gasteiger partial charge is 0.507 e. The second-order valence-electron chi connectivity index (χ2n) is 8.10. The molecule has 2 N–H and O–H groups in total. The molecule has 36 heavy (non-hydrogen) atoms. The zero-order valence-electron chi connectivity index (χ0n) is 19.5. The number of carbonyl (C=O) groups excluding carboxylic acids is 3. The predicted molar refractivity (Wildman–Crippen MR) is 136 cm³/mol. The molecule has 1 aliphatic heterocycles. The monoisotopic (exact) mass is 504 g/mol. The van der Waals surface area contributed by atoms with E-state index in [0.717, 1.165) is 16.7 Å². The average molecular weight is 505 g/mol. The molecular formula is C27H24N2O6S. The van der Waals surface area contributed by atoms with Crippen molar-refractivity contribution in [2.24, 2.45) is 0 Å². The van der Waals surface area contributed by atoms with Crippen LogP contribution in [-0.4, -0.2) is 52.1 Å². The van der Waals surface area contributed by atoms with E-state index in [-0.39, 0.29) is 49.3 Å². The van der Waals surface area contributed by atoms with Gasteiger partial charge in [-0.2, -0.15) is 0 Å². The smallest absolute Gasteiger partial charge is 0.344 e. The van der Waals surface area contributed by atoms with Crippen LogP contribution in [0.3, 0.4) is 0 Å². The highest BCUT2D eigenvalue weighted by Gasteiger charge is 2.30. The van der Waals surface area contributed by atoms with Crippen molar-refractivity contribution in [3.63, 3.8) is 0 Å². The number of amides is 1. The van der Waals surface area contributed by atoms with Gasteiger partial charge in [0.15, 0.2) is 12.4 Å². The SMILES string of the molecule is CSC(=N)c1ccc2c(c1)CN(CC(=O)c1ccc(OCC(=O)OCc3ccccc3)cc1O)C2=O. The Morgan fingerprint density at radius 3 is 2.58 bits per heavy atom. The average Bonchev–Trinajstić information content (AvgIpc) is 3.20. The molecule has 0 saturated carbocycles. The number of phenolic OH excluding ortho intramolecular Hbond substituents is 1. The lowest BCUT2D eigenvalue weighted by molar-refractivity contribution is -0.147. The molecule has 0 unspecified atom stereocenters. The molecule has 9 heteroatoms. The van der Waals surface area contributed by atoms with Crippen molar-refractivity contribution in [2.45, 2.75) is 13.2 Å². The molecule has 0 bridgehead atoms. The van der Waals surface area contributed by atoms with E-state index < -0.39 is 11.8 Å². The van der Waals surface area contributed by atoms with Crippen molar-refractivity contribution < 1.29 is 29.0 Å². The molecule has 3 aromatic carbocycles. The van der Waals surface area contributed by atoms with Crippen LogP contribution < -0.4 is 4.74 Å². The Kier molecular flexibility index (Phi) is 7.70. The third kappa shape index (κ3) is 5.75. The summed E-state index contributed by atoms with van der Waals surface area (Å²) in [5.41, 5.74) is 2.89. The number of phenols is 1. The minimum atomic E-state index is -0.568. The van der Waals surface area contributed by atoms with Gasteiger partial charge in [0, 0.05) is 23.7 Å². The summed E-state index contributed by atoms with van der Waals surface area (Å²) >= 11 is 1.31. The number of carbonyl (C=O) groups is 3. The Morgan fingerprint density at radius 2 is 1.86 bits per heavy atom. The summed E-state index contributed by atoms with van der Waals surface area (Å²) in [4.78, 5) is 38.9. The van der Waals surface area contributed by atoms with Crippen LogP contribution in [0, 0.1) is 5.41 Å². The number of ketones is 1. The first kappa shape index (κ1) is 25.0. The Balaban J connectivity index is 1.32. The van der Waals surface area contributed by atoms with Crippen LogP contribution in [0.1, 0.15) is 37.4 Å². The van der Waals surface area contributed by atoms with Crippen molar-refractivity contribution in [1.82, 2.24) is 4.90 Å². The van der Waals surface area contributed by atoms with Crippen LogP contribution >= 0.6 is 11.8 Å². The summed E-state index contributed by atoms with van der Waals surface area (Å²) < 4.78 is 10.5. The molecule has 3 aromatic rings. The number of esters is 1. The van der Waals surface area contributed by atoms with Gasteiger partial charge in [-0.3, -0.25) is 15.0 Å². The molecule has 0 aliphatic carbocycles. The number of nitrogens with zero attached hydrogens (tertiary/aromatic N) is 1. The molecule has 0 aromatic heterocycles. The van der Waals surface area contributed by atoms with Crippen LogP contribution in [0.4, 0.5) is 0 Å². The fourth-order valence-electron chi connectivity index (χ4n) is 3.79. The molecule has 0 spiro atoms. The number of nitrogens with one attached hydrogen (secondary N) is 1. The fraction of sp³-hybridized carbons (Fsp3) is 0.185. The van der Waals surface area contributed by atoms with Gasteiger partial charge in [-0.05, 0) is 41.6 Å². The number of ether oxygens (including phenoxy) is 2. The summed E-state index contributed by atoms with van der Waals surface area (Å²) in [6.07, 6.45) is 1.81. The second-order valence-corrected chi connectivity index (χ2v) is 8.92. The summed E-state index contributed by atoms with van der Waals surface area (Å²) in [7, 11) is 0. The lowest BCUT2D eigenvalue weighted by atomic mass is 10.1. The topological polar surface area (TPSA) is 117 Å². The highest BCUT2D eigenvalue weighted by atomic mass is 32.2. The first-order chi connectivity index (χ1) is 17.4. The summed E-state index contributed by atoms with van der Waals surface area (Å²) in [5, 5.41) is 18.7. The zero-order chi connectivity index (χ0) is 25.7. The maximum Gasteiger partial charge on any atom is 0.344 e. The zero-order valence-corrected chi connectivity index (χ0v) is 20.3. The van der Waals surface area contributed by atoms with E-state index in [4.69, 9.17) is 14.9 Å². The van der Waals surface area contributed by atoms with Crippen LogP contribution in [0.15, 0.2) is 66.7 Å². The molecule has 4 rings (SSSR count). The Hall–Kier alpha value is -4.11. The molecule has 8 nitrogen and oxygen atoms in total. The van der Waals surface area contributed by atoms with E-state index in [9.17, 15) is 19.5 Å². The van der Waals surface area contributed by atoms with Crippen molar-refractivity contribution in [2.75, 3.05) is 19.4 Å². The molecule has 0 fully saturated rings. The predicted octanol–water partition coefficient (Wildman–Crippen LogP) is 4.04. The van der Waals surface area contributed by atoms with Crippen molar-refractivity contribution in [3.05, 3.63) is 94.5 Å². The van der Waals surface area contributed by atoms with Gasteiger partial charge in [-0.25, -0.2) is 4.79 Å². The molecule has 1 aliphatic rings. The third-order valence-corrected chi connectivity index (χ3v) is 6.30. The van der Waals surface area contributed by atoms with Gasteiger partial charge in [-0.15, -0.1) is 11.8 Å². The lowest BCUT2D eigenvalue weighted by Crippen LogP contribution is -2.30. The molecule has 0 atom stereocenters. The molecule has 1 heterocycles. The van der Waals surface area contributed by atoms with E-state index in [1.54, 1.807) is 18.2 Å². The molecule has 0 saturated heterocycles. The Labute approximate surface area is 212 Å². The van der Waals surface area contributed by atoms with E-state index in [2.05, 4.69) is 0 Å². The molecule has 184 valence electrons. The van der Waals surface area contributed by atoms with Gasteiger partial charge in [0.05, 0.1) is 17.2 Å². The van der Waals surface area contributed by atoms with Gasteiger partial charge < -0.3 is 19.5 Å². The number of fused-ring (bicyclic) bond motifs is 1. The fourth-order valence-corrected chi connectivity index (χ4v) is 4.15. The van der Waals surface area contributed by atoms with Crippen LogP contribution in [0.25, 0.3) is 0 Å². The van der Waals surface area contributed by atoms with Crippen molar-refractivity contribution in [3.8, 4) is 11.5 Å². The number of hydrogen-bond acceptors (Lipinski definition) is 8. The van der Waals surface area contributed by atoms with Gasteiger partial charge >= 0.3 is 5.97 Å². The third-order valence-electron chi connectivity index (χ3n) is 5.65. The van der Waals surface area contributed by atoms with Gasteiger partial charge in [0.25, 0.3) is 5.91 Å². The van der Waals surface area contributed by atoms with Crippen molar-refractivity contribution >= 4 is 34.5 Å². The number of thioether (sulfide) groups is 1. The first-order valence-corrected chi connectivity index (χ1v) is 12.3. The standard InChI is InChI=1S/C27H24N2O6S/c1-36-26(28)18-7-9-21-19(11-18)13-29(27(21)33)14-24(31)22-10-8-20(12-23(22)30)34-16-25(32)35-15-17-5-3-2-4-6-17/h2-12,28,30H,13-16H2,1H3. The Bertz CT molecular complexity index is 1330. The van der Waals surface area contributed by atoms with Crippen LogP contribution in [0.5, 0.6) is 11.5 Å². The van der Waals surface area contributed by atoms with Crippen molar-refractivity contribution in [1.29, 1.82) is 5.41 Å². The highest BCUT2D eigenvalue weighted by molar-refractivity contribution is 8.13. The van der Waals surface area contributed by atoms with E-state index >= 15 is 0 Å². The summed E-state index contributed by atoms with van der Waals surface area (Å²) in [6.45, 7) is -0.177. The molecule has 0 radical (unpaired) electrons. The van der Waals surface area contributed by atoms with Gasteiger partial charge in [-0.1, -0.05) is 36.4 Å². The van der Waals surface area contributed by atoms with Gasteiger partial charge in [0.2, 0.25) is 0 Å². The quantitative estimate of drug-likeness (QED) is 0.195. The highest BCUT2D eigenvalue weighted by Crippen LogP contribution is 2.28. The molecular weight excluding hydrogens is 480 g/mol.